The van der Waals surface area contributed by atoms with Crippen LogP contribution in [-0.4, -0.2) is 12.5 Å². The summed E-state index contributed by atoms with van der Waals surface area (Å²) in [5.74, 6) is 0.554. The van der Waals surface area contributed by atoms with E-state index in [4.69, 9.17) is 10.5 Å². The maximum atomic E-state index is 11.1. The fourth-order valence-corrected chi connectivity index (χ4v) is 1.28. The molecule has 1 aromatic carbocycles. The maximum Gasteiger partial charge on any atom is 0.238 e. The van der Waals surface area contributed by atoms with E-state index in [-0.39, 0.29) is 17.9 Å². The fourth-order valence-electron chi connectivity index (χ4n) is 1.28. The smallest absolute Gasteiger partial charge is 0.238 e. The summed E-state index contributed by atoms with van der Waals surface area (Å²) >= 11 is 0. The van der Waals surface area contributed by atoms with Crippen LogP contribution in [0, 0.1) is 5.41 Å². The van der Waals surface area contributed by atoms with Crippen LogP contribution in [0.5, 0.6) is 0 Å². The van der Waals surface area contributed by atoms with E-state index >= 15 is 0 Å². The molecule has 0 fully saturated rings. The van der Waals surface area contributed by atoms with Crippen LogP contribution in [0.4, 0.5) is 5.69 Å². The third-order valence-corrected chi connectivity index (χ3v) is 2.67. The number of rotatable bonds is 5. The van der Waals surface area contributed by atoms with E-state index in [1.807, 2.05) is 24.3 Å². The van der Waals surface area contributed by atoms with Crippen molar-refractivity contribution in [3.63, 3.8) is 0 Å². The molecule has 0 unspecified atom stereocenters. The second kappa shape index (κ2) is 6.38. The maximum absolute atomic E-state index is 11.1. The van der Waals surface area contributed by atoms with Gasteiger partial charge in [0.05, 0.1) is 12.3 Å². The average Bonchev–Trinajstić information content (AvgIpc) is 2.36. The minimum absolute atomic E-state index is 0.0176. The molecule has 19 heavy (non-hydrogen) atoms. The molecule has 0 spiro atoms. The van der Waals surface area contributed by atoms with Gasteiger partial charge >= 0.3 is 0 Å². The number of nitrogens with one attached hydrogen (secondary N) is 1. The van der Waals surface area contributed by atoms with E-state index in [0.717, 1.165) is 17.0 Å². The highest BCUT2D eigenvalue weighted by atomic mass is 16.5. The molecule has 0 aliphatic carbocycles. The number of amides is 1. The zero-order valence-corrected chi connectivity index (χ0v) is 11.8. The summed E-state index contributed by atoms with van der Waals surface area (Å²) in [6.07, 6.45) is 0. The second-order valence-corrected chi connectivity index (χ2v) is 5.41. The number of anilines is 1. The molecule has 1 amide bonds. The molecule has 1 rings (SSSR count). The number of hydrogen-bond acceptors (Lipinski definition) is 3. The Kier molecular flexibility index (Phi) is 5.12. The van der Waals surface area contributed by atoms with Crippen LogP contribution in [0.2, 0.25) is 0 Å². The number of nitrogens with two attached hydrogens (primary N) is 1. The molecule has 0 aliphatic heterocycles. The summed E-state index contributed by atoms with van der Waals surface area (Å²) in [4.78, 5) is 11.1. The van der Waals surface area contributed by atoms with Crippen LogP contribution in [-0.2, 0) is 16.1 Å². The van der Waals surface area contributed by atoms with Crippen LogP contribution in [0.1, 0.15) is 26.3 Å². The highest BCUT2D eigenvalue weighted by molar-refractivity contribution is 5.92. The molecule has 0 bridgehead atoms. The van der Waals surface area contributed by atoms with Gasteiger partial charge in [-0.1, -0.05) is 39.5 Å². The second-order valence-electron chi connectivity index (χ2n) is 5.41. The van der Waals surface area contributed by atoms with E-state index in [1.54, 1.807) is 0 Å². The molecular weight excluding hydrogens is 240 g/mol. The topological polar surface area (TPSA) is 64.3 Å². The van der Waals surface area contributed by atoms with Crippen LogP contribution >= 0.6 is 0 Å². The lowest BCUT2D eigenvalue weighted by molar-refractivity contribution is -0.114. The Morgan fingerprint density at radius 3 is 2.37 bits per heavy atom. The van der Waals surface area contributed by atoms with Gasteiger partial charge in [0.25, 0.3) is 0 Å². The predicted molar refractivity (Wildman–Crippen MR) is 77.5 cm³/mol. The number of carbonyl (C=O) groups is 1. The first-order valence-electron chi connectivity index (χ1n) is 6.24. The van der Waals surface area contributed by atoms with Crippen molar-refractivity contribution in [1.82, 2.24) is 0 Å². The molecule has 0 aliphatic rings. The van der Waals surface area contributed by atoms with Crippen molar-refractivity contribution in [3.8, 4) is 0 Å². The Bertz CT molecular complexity index is 444. The van der Waals surface area contributed by atoms with Crippen LogP contribution < -0.4 is 11.1 Å². The van der Waals surface area contributed by atoms with Gasteiger partial charge in [0.15, 0.2) is 0 Å². The summed E-state index contributed by atoms with van der Waals surface area (Å²) < 4.78 is 5.63. The van der Waals surface area contributed by atoms with Crippen molar-refractivity contribution in [2.45, 2.75) is 27.4 Å². The number of carbonyl (C=O) groups excluding carboxylic acids is 1. The Balaban J connectivity index is 2.53. The van der Waals surface area contributed by atoms with Crippen LogP contribution in [0.3, 0.4) is 0 Å². The van der Waals surface area contributed by atoms with Gasteiger partial charge in [0, 0.05) is 11.1 Å². The monoisotopic (exact) mass is 262 g/mol. The number of ether oxygens (including phenoxy) is 1. The minimum atomic E-state index is -0.204. The van der Waals surface area contributed by atoms with Gasteiger partial charge in [-0.15, -0.1) is 0 Å². The van der Waals surface area contributed by atoms with Crippen molar-refractivity contribution in [3.05, 3.63) is 42.2 Å². The lowest BCUT2D eigenvalue weighted by Gasteiger charge is -2.22. The van der Waals surface area contributed by atoms with Gasteiger partial charge in [-0.05, 0) is 17.7 Å². The number of allylic oxidation sites excluding steroid dienone is 1. The van der Waals surface area contributed by atoms with Crippen molar-refractivity contribution in [2.24, 2.45) is 11.1 Å². The zero-order chi connectivity index (χ0) is 14.5. The normalized spacial score (nSPS) is 10.9. The third kappa shape index (κ3) is 5.14. The predicted octanol–water partition coefficient (Wildman–Crippen LogP) is 2.66. The first kappa shape index (κ1) is 15.2. The van der Waals surface area contributed by atoms with Crippen LogP contribution in [0.25, 0.3) is 0 Å². The van der Waals surface area contributed by atoms with Crippen molar-refractivity contribution in [1.29, 1.82) is 0 Å². The Hall–Kier alpha value is -1.81. The highest BCUT2D eigenvalue weighted by Gasteiger charge is 2.16. The summed E-state index contributed by atoms with van der Waals surface area (Å²) in [5, 5.41) is 2.69. The van der Waals surface area contributed by atoms with Crippen LogP contribution in [0.15, 0.2) is 36.6 Å². The highest BCUT2D eigenvalue weighted by Crippen LogP contribution is 2.25. The molecule has 4 nitrogen and oxygen atoms in total. The quantitative estimate of drug-likeness (QED) is 0.802. The molecule has 0 radical (unpaired) electrons. The van der Waals surface area contributed by atoms with E-state index in [9.17, 15) is 4.79 Å². The molecular formula is C15H22N2O2. The van der Waals surface area contributed by atoms with E-state index in [2.05, 4.69) is 32.7 Å². The molecule has 3 N–H and O–H groups in total. The van der Waals surface area contributed by atoms with Crippen molar-refractivity contribution >= 4 is 11.6 Å². The summed E-state index contributed by atoms with van der Waals surface area (Å²) in [5.41, 5.74) is 6.92. The van der Waals surface area contributed by atoms with E-state index in [1.165, 1.54) is 0 Å². The van der Waals surface area contributed by atoms with E-state index < -0.39 is 0 Å². The molecule has 0 saturated carbocycles. The summed E-state index contributed by atoms with van der Waals surface area (Å²) in [6.45, 7) is 10.5. The molecule has 0 heterocycles. The zero-order valence-electron chi connectivity index (χ0n) is 11.8. The Morgan fingerprint density at radius 2 is 1.89 bits per heavy atom. The van der Waals surface area contributed by atoms with Gasteiger partial charge in [0.1, 0.15) is 6.61 Å². The van der Waals surface area contributed by atoms with Gasteiger partial charge < -0.3 is 15.8 Å². The summed E-state index contributed by atoms with van der Waals surface area (Å²) in [6, 6.07) is 7.46. The SMILES string of the molecule is C=C(OCc1ccc(NC(=O)CN)cc1)C(C)(C)C. The third-order valence-electron chi connectivity index (χ3n) is 2.67. The molecule has 0 atom stereocenters. The van der Waals surface area contributed by atoms with Crippen molar-refractivity contribution < 1.29 is 9.53 Å². The first-order valence-corrected chi connectivity index (χ1v) is 6.24. The van der Waals surface area contributed by atoms with Gasteiger partial charge in [0.2, 0.25) is 5.91 Å². The van der Waals surface area contributed by atoms with Gasteiger partial charge in [-0.3, -0.25) is 4.79 Å². The van der Waals surface area contributed by atoms with Crippen molar-refractivity contribution in [2.75, 3.05) is 11.9 Å². The standard InChI is InChI=1S/C15H22N2O2/c1-11(15(2,3)4)19-10-12-5-7-13(8-6-12)17-14(18)9-16/h5-8H,1,9-10,16H2,2-4H3,(H,17,18). The fraction of sp³-hybridized carbons (Fsp3) is 0.400. The molecule has 0 saturated heterocycles. The Labute approximate surface area is 114 Å². The molecule has 4 heteroatoms. The molecule has 1 aromatic rings. The number of hydrogen-bond donors (Lipinski definition) is 2. The first-order chi connectivity index (χ1) is 8.82. The summed E-state index contributed by atoms with van der Waals surface area (Å²) in [7, 11) is 0. The number of benzene rings is 1. The largest absolute Gasteiger partial charge is 0.493 e. The lowest BCUT2D eigenvalue weighted by atomic mass is 9.95. The minimum Gasteiger partial charge on any atom is -0.493 e. The Morgan fingerprint density at radius 1 is 1.32 bits per heavy atom. The average molecular weight is 262 g/mol. The molecule has 0 aromatic heterocycles. The van der Waals surface area contributed by atoms with E-state index in [0.29, 0.717) is 6.61 Å². The lowest BCUT2D eigenvalue weighted by Crippen LogP contribution is -2.21. The van der Waals surface area contributed by atoms with Gasteiger partial charge in [-0.2, -0.15) is 0 Å². The van der Waals surface area contributed by atoms with Gasteiger partial charge in [-0.25, -0.2) is 0 Å². The molecule has 104 valence electrons.